The van der Waals surface area contributed by atoms with Gasteiger partial charge in [0.15, 0.2) is 0 Å². The van der Waals surface area contributed by atoms with Crippen molar-refractivity contribution < 1.29 is 24.2 Å². The summed E-state index contributed by atoms with van der Waals surface area (Å²) in [6, 6.07) is 8.02. The summed E-state index contributed by atoms with van der Waals surface area (Å²) in [4.78, 5) is 34.4. The molecule has 8 nitrogen and oxygen atoms in total. The Kier molecular flexibility index (Phi) is 6.37. The van der Waals surface area contributed by atoms with Gasteiger partial charge in [-0.25, -0.2) is 15.0 Å². The molecule has 0 aliphatic rings. The zero-order valence-electron chi connectivity index (χ0n) is 13.3. The summed E-state index contributed by atoms with van der Waals surface area (Å²) >= 11 is 0. The summed E-state index contributed by atoms with van der Waals surface area (Å²) in [7, 11) is 0. The lowest BCUT2D eigenvalue weighted by Crippen LogP contribution is -2.53. The number of benzene rings is 1. The maximum absolute atomic E-state index is 12.0. The van der Waals surface area contributed by atoms with Crippen LogP contribution in [0.4, 0.5) is 9.59 Å². The van der Waals surface area contributed by atoms with Crippen LogP contribution in [0.25, 0.3) is 0 Å². The first-order chi connectivity index (χ1) is 10.7. The molecule has 1 aromatic carbocycles. The fourth-order valence-corrected chi connectivity index (χ4v) is 1.71. The largest absolute Gasteiger partial charge is 0.464 e. The van der Waals surface area contributed by atoms with Gasteiger partial charge in [0, 0.05) is 6.42 Å². The number of hydrogen-bond donors (Lipinski definition) is 4. The van der Waals surface area contributed by atoms with E-state index in [1.165, 1.54) is 0 Å². The quantitative estimate of drug-likeness (QED) is 0.625. The summed E-state index contributed by atoms with van der Waals surface area (Å²) in [5.41, 5.74) is 3.86. The average Bonchev–Trinajstić information content (AvgIpc) is 2.43. The molecule has 1 aromatic rings. The Labute approximate surface area is 134 Å². The van der Waals surface area contributed by atoms with Crippen LogP contribution in [-0.4, -0.2) is 34.8 Å². The number of ether oxygens (including phenoxy) is 1. The van der Waals surface area contributed by atoms with Crippen molar-refractivity contribution in [1.29, 1.82) is 0 Å². The van der Waals surface area contributed by atoms with Gasteiger partial charge in [0.1, 0.15) is 11.6 Å². The van der Waals surface area contributed by atoms with Crippen LogP contribution in [0.5, 0.6) is 0 Å². The van der Waals surface area contributed by atoms with Gasteiger partial charge in [-0.1, -0.05) is 30.3 Å². The summed E-state index contributed by atoms with van der Waals surface area (Å²) in [6.45, 7) is 5.10. The molecule has 0 saturated carbocycles. The molecule has 1 rings (SSSR count). The van der Waals surface area contributed by atoms with Crippen LogP contribution in [0.15, 0.2) is 30.3 Å². The molecular weight excluding hydrogens is 302 g/mol. The van der Waals surface area contributed by atoms with Crippen LogP contribution in [0.2, 0.25) is 0 Å². The van der Waals surface area contributed by atoms with E-state index in [1.54, 1.807) is 50.5 Å². The fourth-order valence-electron chi connectivity index (χ4n) is 1.71. The summed E-state index contributed by atoms with van der Waals surface area (Å²) in [5.74, 6) is -0.692. The minimum absolute atomic E-state index is 0.188. The molecule has 8 heteroatoms. The molecule has 0 aliphatic carbocycles. The SMILES string of the molecule is CC(C)(C)OC(=O)NC(Cc1ccccc1)C(=O)NNC(=O)O. The van der Waals surface area contributed by atoms with E-state index in [-0.39, 0.29) is 6.42 Å². The Hall–Kier alpha value is -2.77. The third-order valence-corrected chi connectivity index (χ3v) is 2.58. The highest BCUT2D eigenvalue weighted by Gasteiger charge is 2.25. The monoisotopic (exact) mass is 323 g/mol. The minimum atomic E-state index is -1.41. The number of rotatable bonds is 4. The van der Waals surface area contributed by atoms with Gasteiger partial charge in [-0.15, -0.1) is 0 Å². The van der Waals surface area contributed by atoms with E-state index in [2.05, 4.69) is 5.32 Å². The lowest BCUT2D eigenvalue weighted by Gasteiger charge is -2.23. The van der Waals surface area contributed by atoms with Crippen LogP contribution in [-0.2, 0) is 16.0 Å². The molecule has 0 radical (unpaired) electrons. The van der Waals surface area contributed by atoms with Gasteiger partial charge in [0.05, 0.1) is 0 Å². The van der Waals surface area contributed by atoms with Gasteiger partial charge in [-0.05, 0) is 26.3 Å². The molecule has 0 heterocycles. The first-order valence-corrected chi connectivity index (χ1v) is 6.99. The van der Waals surface area contributed by atoms with Gasteiger partial charge in [-0.2, -0.15) is 0 Å². The predicted molar refractivity (Wildman–Crippen MR) is 82.6 cm³/mol. The second-order valence-corrected chi connectivity index (χ2v) is 5.81. The van der Waals surface area contributed by atoms with Gasteiger partial charge in [0.25, 0.3) is 5.91 Å². The predicted octanol–water partition coefficient (Wildman–Crippen LogP) is 1.42. The smallest absolute Gasteiger partial charge is 0.423 e. The van der Waals surface area contributed by atoms with E-state index >= 15 is 0 Å². The van der Waals surface area contributed by atoms with Crippen molar-refractivity contribution in [2.45, 2.75) is 38.8 Å². The number of amides is 3. The molecular formula is C15H21N3O5. The molecule has 3 amide bonds. The number of carboxylic acid groups (broad SMARTS) is 1. The van der Waals surface area contributed by atoms with Crippen molar-refractivity contribution in [3.63, 3.8) is 0 Å². The molecule has 4 N–H and O–H groups in total. The number of hydrazine groups is 1. The molecule has 0 aromatic heterocycles. The summed E-state index contributed by atoms with van der Waals surface area (Å²) < 4.78 is 5.11. The van der Waals surface area contributed by atoms with Gasteiger partial charge in [0.2, 0.25) is 0 Å². The zero-order valence-corrected chi connectivity index (χ0v) is 13.3. The molecule has 0 aliphatic heterocycles. The van der Waals surface area contributed by atoms with Gasteiger partial charge >= 0.3 is 12.2 Å². The Bertz CT molecular complexity index is 554. The number of hydrogen-bond acceptors (Lipinski definition) is 4. The van der Waals surface area contributed by atoms with Crippen molar-refractivity contribution >= 4 is 18.1 Å². The standard InChI is InChI=1S/C15H21N3O5/c1-15(2,3)23-14(22)16-11(12(19)17-18-13(20)21)9-10-7-5-4-6-8-10/h4-8,11,18H,9H2,1-3H3,(H,16,22)(H,17,19)(H,20,21). The lowest BCUT2D eigenvalue weighted by molar-refractivity contribution is -0.124. The van der Waals surface area contributed by atoms with Gasteiger partial charge in [-0.3, -0.25) is 10.2 Å². The molecule has 0 spiro atoms. The topological polar surface area (TPSA) is 117 Å². The van der Waals surface area contributed by atoms with Crippen LogP contribution in [0.1, 0.15) is 26.3 Å². The van der Waals surface area contributed by atoms with E-state index in [0.29, 0.717) is 0 Å². The van der Waals surface area contributed by atoms with E-state index < -0.39 is 29.7 Å². The van der Waals surface area contributed by atoms with Crippen LogP contribution in [0, 0.1) is 0 Å². The highest BCUT2D eigenvalue weighted by Crippen LogP contribution is 2.08. The normalized spacial score (nSPS) is 12.0. The first kappa shape index (κ1) is 18.3. The maximum Gasteiger partial charge on any atom is 0.423 e. The van der Waals surface area contributed by atoms with E-state index in [1.807, 2.05) is 11.5 Å². The Morgan fingerprint density at radius 2 is 1.74 bits per heavy atom. The number of carbonyl (C=O) groups excluding carboxylic acids is 2. The zero-order chi connectivity index (χ0) is 17.5. The Morgan fingerprint density at radius 3 is 2.26 bits per heavy atom. The van der Waals surface area contributed by atoms with Crippen LogP contribution in [0.3, 0.4) is 0 Å². The molecule has 1 unspecified atom stereocenters. The molecule has 0 bridgehead atoms. The Morgan fingerprint density at radius 1 is 1.13 bits per heavy atom. The third kappa shape index (κ3) is 7.70. The van der Waals surface area contributed by atoms with Crippen molar-refractivity contribution in [3.8, 4) is 0 Å². The minimum Gasteiger partial charge on any atom is -0.464 e. The maximum atomic E-state index is 12.0. The van der Waals surface area contributed by atoms with Gasteiger partial charge < -0.3 is 15.2 Å². The molecule has 0 saturated heterocycles. The summed E-state index contributed by atoms with van der Waals surface area (Å²) in [5, 5.41) is 11.0. The second kappa shape index (κ2) is 8.02. The highest BCUT2D eigenvalue weighted by atomic mass is 16.6. The fraction of sp³-hybridized carbons (Fsp3) is 0.400. The summed E-state index contributed by atoms with van der Waals surface area (Å²) in [6.07, 6.45) is -1.98. The average molecular weight is 323 g/mol. The molecule has 0 fully saturated rings. The molecule has 126 valence electrons. The molecule has 23 heavy (non-hydrogen) atoms. The van der Waals surface area contributed by atoms with Crippen molar-refractivity contribution in [1.82, 2.24) is 16.2 Å². The second-order valence-electron chi connectivity index (χ2n) is 5.81. The van der Waals surface area contributed by atoms with Crippen LogP contribution >= 0.6 is 0 Å². The van der Waals surface area contributed by atoms with E-state index in [9.17, 15) is 14.4 Å². The van der Waals surface area contributed by atoms with E-state index in [4.69, 9.17) is 9.84 Å². The van der Waals surface area contributed by atoms with Crippen molar-refractivity contribution in [2.75, 3.05) is 0 Å². The number of carbonyl (C=O) groups is 3. The third-order valence-electron chi connectivity index (χ3n) is 2.58. The van der Waals surface area contributed by atoms with E-state index in [0.717, 1.165) is 5.56 Å². The Balaban J connectivity index is 2.77. The van der Waals surface area contributed by atoms with Crippen molar-refractivity contribution in [2.24, 2.45) is 0 Å². The molecule has 1 atom stereocenters. The lowest BCUT2D eigenvalue weighted by atomic mass is 10.1. The number of nitrogens with one attached hydrogen (secondary N) is 3. The highest BCUT2D eigenvalue weighted by molar-refractivity contribution is 5.87. The number of alkyl carbamates (subject to hydrolysis) is 1. The first-order valence-electron chi connectivity index (χ1n) is 6.99. The van der Waals surface area contributed by atoms with Crippen molar-refractivity contribution in [3.05, 3.63) is 35.9 Å². The van der Waals surface area contributed by atoms with Crippen LogP contribution < -0.4 is 16.2 Å².